The van der Waals surface area contributed by atoms with Crippen LogP contribution in [0, 0.1) is 0 Å². The smallest absolute Gasteiger partial charge is 0.243 e. The van der Waals surface area contributed by atoms with Crippen molar-refractivity contribution in [3.63, 3.8) is 0 Å². The highest BCUT2D eigenvalue weighted by Gasteiger charge is 2.13. The molecule has 5 nitrogen and oxygen atoms in total. The third-order valence-electron chi connectivity index (χ3n) is 3.28. The van der Waals surface area contributed by atoms with Crippen molar-refractivity contribution >= 4 is 5.65 Å². The van der Waals surface area contributed by atoms with Crippen LogP contribution in [-0.2, 0) is 13.0 Å². The summed E-state index contributed by atoms with van der Waals surface area (Å²) in [5.41, 5.74) is 2.39. The van der Waals surface area contributed by atoms with Gasteiger partial charge in [-0.3, -0.25) is 4.40 Å². The highest BCUT2D eigenvalue weighted by atomic mass is 16.5. The standard InChI is InChI=1S/C16H16N2O3/c19-10-8-12-4-6-13(7-5-12)21-16-14(11-20)18-9-2-1-3-15(18)17-16/h1-7,9,19-20H,8,10-11H2. The molecule has 21 heavy (non-hydrogen) atoms. The molecule has 0 bridgehead atoms. The summed E-state index contributed by atoms with van der Waals surface area (Å²) in [4.78, 5) is 4.38. The van der Waals surface area contributed by atoms with Gasteiger partial charge in [-0.1, -0.05) is 18.2 Å². The Morgan fingerprint density at radius 3 is 2.57 bits per heavy atom. The molecule has 2 N–H and O–H groups in total. The molecule has 0 atom stereocenters. The Bertz CT molecular complexity index is 735. The summed E-state index contributed by atoms with van der Waals surface area (Å²) in [6.45, 7) is -0.0234. The second-order valence-electron chi connectivity index (χ2n) is 4.67. The van der Waals surface area contributed by atoms with Crippen LogP contribution in [0.1, 0.15) is 11.3 Å². The average molecular weight is 284 g/mol. The Morgan fingerprint density at radius 2 is 1.86 bits per heavy atom. The van der Waals surface area contributed by atoms with Gasteiger partial charge in [0.1, 0.15) is 17.1 Å². The number of hydrogen-bond donors (Lipinski definition) is 2. The molecule has 0 saturated carbocycles. The zero-order valence-corrected chi connectivity index (χ0v) is 11.4. The average Bonchev–Trinajstić information content (AvgIpc) is 2.86. The number of nitrogens with zero attached hydrogens (tertiary/aromatic N) is 2. The molecule has 0 fully saturated rings. The van der Waals surface area contributed by atoms with E-state index >= 15 is 0 Å². The molecule has 0 aliphatic rings. The van der Waals surface area contributed by atoms with E-state index in [1.54, 1.807) is 4.40 Å². The van der Waals surface area contributed by atoms with Crippen LogP contribution in [-0.4, -0.2) is 26.2 Å². The van der Waals surface area contributed by atoms with Crippen molar-refractivity contribution in [2.24, 2.45) is 0 Å². The van der Waals surface area contributed by atoms with Gasteiger partial charge in [-0.05, 0) is 36.2 Å². The van der Waals surface area contributed by atoms with Gasteiger partial charge in [0.25, 0.3) is 0 Å². The number of hydrogen-bond acceptors (Lipinski definition) is 4. The molecule has 0 aliphatic heterocycles. The van der Waals surface area contributed by atoms with Crippen molar-refractivity contribution in [1.82, 2.24) is 9.38 Å². The molecule has 2 heterocycles. The first-order chi connectivity index (χ1) is 10.3. The predicted octanol–water partition coefficient (Wildman–Crippen LogP) is 2.15. The summed E-state index contributed by atoms with van der Waals surface area (Å²) in [5.74, 6) is 1.05. The molecule has 0 aliphatic carbocycles. The van der Waals surface area contributed by atoms with Gasteiger partial charge in [-0.25, -0.2) is 0 Å². The van der Waals surface area contributed by atoms with Gasteiger partial charge in [0, 0.05) is 12.8 Å². The van der Waals surface area contributed by atoms with Gasteiger partial charge in [0.15, 0.2) is 0 Å². The number of rotatable bonds is 5. The maximum absolute atomic E-state index is 9.53. The lowest BCUT2D eigenvalue weighted by atomic mass is 10.1. The van der Waals surface area contributed by atoms with Crippen molar-refractivity contribution < 1.29 is 14.9 Å². The highest BCUT2D eigenvalue weighted by molar-refractivity contribution is 5.46. The normalized spacial score (nSPS) is 11.0. The van der Waals surface area contributed by atoms with Crippen LogP contribution in [0.3, 0.4) is 0 Å². The number of aliphatic hydroxyl groups is 2. The SMILES string of the molecule is OCCc1ccc(Oc2nc3ccccn3c2CO)cc1. The summed E-state index contributed by atoms with van der Waals surface area (Å²) in [5, 5.41) is 18.4. The molecule has 3 aromatic rings. The fraction of sp³-hybridized carbons (Fsp3) is 0.188. The molecular formula is C16H16N2O3. The van der Waals surface area contributed by atoms with Gasteiger partial charge < -0.3 is 14.9 Å². The first kappa shape index (κ1) is 13.6. The first-order valence-electron chi connectivity index (χ1n) is 6.76. The number of aromatic nitrogens is 2. The van der Waals surface area contributed by atoms with Crippen molar-refractivity contribution in [3.8, 4) is 11.6 Å². The molecule has 0 spiro atoms. The van der Waals surface area contributed by atoms with E-state index in [0.29, 0.717) is 23.7 Å². The van der Waals surface area contributed by atoms with Crippen LogP contribution in [0.5, 0.6) is 11.6 Å². The first-order valence-corrected chi connectivity index (χ1v) is 6.76. The largest absolute Gasteiger partial charge is 0.437 e. The molecule has 0 saturated heterocycles. The second-order valence-corrected chi connectivity index (χ2v) is 4.67. The molecule has 0 unspecified atom stereocenters. The van der Waals surface area contributed by atoms with Crippen LogP contribution < -0.4 is 4.74 Å². The van der Waals surface area contributed by atoms with E-state index in [-0.39, 0.29) is 13.2 Å². The van der Waals surface area contributed by atoms with E-state index in [0.717, 1.165) is 11.2 Å². The summed E-state index contributed by atoms with van der Waals surface area (Å²) in [7, 11) is 0. The number of fused-ring (bicyclic) bond motifs is 1. The third kappa shape index (κ3) is 2.74. The third-order valence-corrected chi connectivity index (χ3v) is 3.28. The molecule has 108 valence electrons. The monoisotopic (exact) mass is 284 g/mol. The molecule has 3 rings (SSSR count). The topological polar surface area (TPSA) is 67.0 Å². The Kier molecular flexibility index (Phi) is 3.85. The van der Waals surface area contributed by atoms with Crippen molar-refractivity contribution in [2.75, 3.05) is 6.61 Å². The lowest BCUT2D eigenvalue weighted by Gasteiger charge is -2.05. The highest BCUT2D eigenvalue weighted by Crippen LogP contribution is 2.26. The van der Waals surface area contributed by atoms with Gasteiger partial charge in [-0.15, -0.1) is 0 Å². The zero-order chi connectivity index (χ0) is 14.7. The minimum atomic E-state index is -0.150. The quantitative estimate of drug-likeness (QED) is 0.753. The summed E-state index contributed by atoms with van der Waals surface area (Å²) in [6, 6.07) is 13.1. The lowest BCUT2D eigenvalue weighted by molar-refractivity contribution is 0.269. The Balaban J connectivity index is 1.90. The van der Waals surface area contributed by atoms with Crippen molar-refractivity contribution in [2.45, 2.75) is 13.0 Å². The van der Waals surface area contributed by atoms with Gasteiger partial charge in [0.2, 0.25) is 5.88 Å². The number of imidazole rings is 1. The summed E-state index contributed by atoms with van der Waals surface area (Å²) < 4.78 is 7.57. The summed E-state index contributed by atoms with van der Waals surface area (Å²) in [6.07, 6.45) is 2.46. The van der Waals surface area contributed by atoms with E-state index in [4.69, 9.17) is 9.84 Å². The minimum Gasteiger partial charge on any atom is -0.437 e. The molecule has 2 aromatic heterocycles. The van der Waals surface area contributed by atoms with Crippen molar-refractivity contribution in [1.29, 1.82) is 0 Å². The molecule has 5 heteroatoms. The van der Waals surface area contributed by atoms with Gasteiger partial charge >= 0.3 is 0 Å². The van der Waals surface area contributed by atoms with Crippen LogP contribution in [0.2, 0.25) is 0 Å². The Morgan fingerprint density at radius 1 is 1.05 bits per heavy atom. The van der Waals surface area contributed by atoms with E-state index in [2.05, 4.69) is 4.98 Å². The Hall–Kier alpha value is -2.37. The maximum atomic E-state index is 9.53. The van der Waals surface area contributed by atoms with Crippen molar-refractivity contribution in [3.05, 3.63) is 59.9 Å². The molecule has 0 amide bonds. The van der Waals surface area contributed by atoms with Crippen LogP contribution >= 0.6 is 0 Å². The molecular weight excluding hydrogens is 268 g/mol. The number of aliphatic hydroxyl groups excluding tert-OH is 2. The van der Waals surface area contributed by atoms with Crippen LogP contribution in [0.15, 0.2) is 48.7 Å². The van der Waals surface area contributed by atoms with Crippen LogP contribution in [0.25, 0.3) is 5.65 Å². The molecule has 0 radical (unpaired) electrons. The number of pyridine rings is 1. The van der Waals surface area contributed by atoms with Gasteiger partial charge in [0.05, 0.1) is 6.61 Å². The fourth-order valence-corrected chi connectivity index (χ4v) is 2.22. The zero-order valence-electron chi connectivity index (χ0n) is 11.4. The lowest BCUT2D eigenvalue weighted by Crippen LogP contribution is -1.95. The van der Waals surface area contributed by atoms with E-state index in [1.165, 1.54) is 0 Å². The summed E-state index contributed by atoms with van der Waals surface area (Å²) >= 11 is 0. The van der Waals surface area contributed by atoms with Gasteiger partial charge in [-0.2, -0.15) is 4.98 Å². The van der Waals surface area contributed by atoms with E-state index in [1.807, 2.05) is 48.7 Å². The van der Waals surface area contributed by atoms with E-state index in [9.17, 15) is 5.11 Å². The fourth-order valence-electron chi connectivity index (χ4n) is 2.22. The number of ether oxygens (including phenoxy) is 1. The van der Waals surface area contributed by atoms with E-state index < -0.39 is 0 Å². The molecule has 1 aromatic carbocycles. The second kappa shape index (κ2) is 5.95. The minimum absolute atomic E-state index is 0.126. The number of benzene rings is 1. The maximum Gasteiger partial charge on any atom is 0.243 e. The predicted molar refractivity (Wildman–Crippen MR) is 78.4 cm³/mol. The Labute approximate surface area is 122 Å². The van der Waals surface area contributed by atoms with Crippen LogP contribution in [0.4, 0.5) is 0 Å².